The van der Waals surface area contributed by atoms with Crippen molar-refractivity contribution in [1.82, 2.24) is 14.9 Å². The monoisotopic (exact) mass is 582 g/mol. The van der Waals surface area contributed by atoms with E-state index in [1.54, 1.807) is 0 Å². The fourth-order valence-electron chi connectivity index (χ4n) is 4.49. The van der Waals surface area contributed by atoms with Gasteiger partial charge in [-0.05, 0) is 76.7 Å². The average molecular weight is 583 g/mol. The number of thiophene rings is 1. The molecule has 10 nitrogen and oxygen atoms in total. The lowest BCUT2D eigenvalue weighted by molar-refractivity contribution is -0.679. The predicted molar refractivity (Wildman–Crippen MR) is 166 cm³/mol. The highest BCUT2D eigenvalue weighted by Gasteiger charge is 2.26. The summed E-state index contributed by atoms with van der Waals surface area (Å²) >= 11 is 1.36. The molecule has 0 saturated heterocycles. The highest BCUT2D eigenvalue weighted by molar-refractivity contribution is 7.17. The van der Waals surface area contributed by atoms with Crippen molar-refractivity contribution in [3.63, 3.8) is 0 Å². The number of carbonyl (C=O) groups is 1. The molecule has 0 bridgehead atoms. The van der Waals surface area contributed by atoms with Crippen LogP contribution in [0.3, 0.4) is 0 Å². The van der Waals surface area contributed by atoms with E-state index in [9.17, 15) is 9.59 Å². The number of hydrogen-bond donors (Lipinski definition) is 0. The SMILES string of the molecule is O=C1N(c2ccccc2)N=C(c2ccc(-c3nn(-c4ccccc4)c(=O)[n+](-c4ccccc4)n3)s2)[N-]N1c1ccccc1. The van der Waals surface area contributed by atoms with Gasteiger partial charge in [-0.25, -0.2) is 4.79 Å². The predicted octanol–water partition coefficient (Wildman–Crippen LogP) is 5.73. The number of urea groups is 1. The van der Waals surface area contributed by atoms with Crippen molar-refractivity contribution in [3.05, 3.63) is 154 Å². The average Bonchev–Trinajstić information content (AvgIpc) is 3.57. The first-order valence-electron chi connectivity index (χ1n) is 13.4. The molecule has 2 amide bonds. The van der Waals surface area contributed by atoms with E-state index >= 15 is 0 Å². The first-order chi connectivity index (χ1) is 21.2. The zero-order valence-electron chi connectivity index (χ0n) is 22.5. The molecular formula is C32H22N8O2S. The summed E-state index contributed by atoms with van der Waals surface area (Å²) in [6, 6.07) is 40.1. The molecule has 0 spiro atoms. The summed E-state index contributed by atoms with van der Waals surface area (Å²) in [6.45, 7) is 0. The third-order valence-electron chi connectivity index (χ3n) is 6.55. The minimum Gasteiger partial charge on any atom is -0.363 e. The lowest BCUT2D eigenvalue weighted by atomic mass is 10.3. The van der Waals surface area contributed by atoms with Crippen molar-refractivity contribution in [1.29, 1.82) is 0 Å². The van der Waals surface area contributed by atoms with Crippen LogP contribution in [0.15, 0.2) is 143 Å². The molecule has 208 valence electrons. The topological polar surface area (TPSA) is 102 Å². The second-order valence-corrected chi connectivity index (χ2v) is 10.4. The Balaban J connectivity index is 1.33. The van der Waals surface area contributed by atoms with Crippen molar-refractivity contribution in [2.45, 2.75) is 0 Å². The van der Waals surface area contributed by atoms with Gasteiger partial charge in [-0.3, -0.25) is 10.0 Å². The molecule has 1 aliphatic heterocycles. The lowest BCUT2D eigenvalue weighted by Crippen LogP contribution is -2.56. The minimum atomic E-state index is -0.403. The van der Waals surface area contributed by atoms with E-state index in [-0.39, 0.29) is 0 Å². The van der Waals surface area contributed by atoms with Crippen LogP contribution in [0.4, 0.5) is 16.2 Å². The van der Waals surface area contributed by atoms with Crippen molar-refractivity contribution in [2.24, 2.45) is 5.10 Å². The molecule has 1 aliphatic rings. The second-order valence-electron chi connectivity index (χ2n) is 9.37. The van der Waals surface area contributed by atoms with Gasteiger partial charge in [0.25, 0.3) is 5.82 Å². The molecule has 43 heavy (non-hydrogen) atoms. The van der Waals surface area contributed by atoms with Crippen molar-refractivity contribution in [2.75, 3.05) is 10.0 Å². The zero-order chi connectivity index (χ0) is 29.2. The maximum atomic E-state index is 13.5. The molecule has 0 unspecified atom stereocenters. The van der Waals surface area contributed by atoms with Gasteiger partial charge in [0.2, 0.25) is 0 Å². The summed E-state index contributed by atoms with van der Waals surface area (Å²) < 4.78 is 2.67. The zero-order valence-corrected chi connectivity index (χ0v) is 23.3. The van der Waals surface area contributed by atoms with Crippen LogP contribution >= 0.6 is 11.3 Å². The quantitative estimate of drug-likeness (QED) is 0.234. The van der Waals surface area contributed by atoms with E-state index in [4.69, 9.17) is 0 Å². The van der Waals surface area contributed by atoms with Gasteiger partial charge in [-0.15, -0.1) is 11.3 Å². The molecule has 0 atom stereocenters. The fourth-order valence-corrected chi connectivity index (χ4v) is 5.35. The minimum absolute atomic E-state index is 0.343. The molecule has 0 saturated carbocycles. The number of nitrogens with zero attached hydrogens (tertiary/aromatic N) is 8. The van der Waals surface area contributed by atoms with Gasteiger partial charge in [0.15, 0.2) is 11.4 Å². The number of anilines is 2. The Morgan fingerprint density at radius 1 is 0.628 bits per heavy atom. The van der Waals surface area contributed by atoms with Gasteiger partial charge in [0, 0.05) is 16.3 Å². The first kappa shape index (κ1) is 26.0. The van der Waals surface area contributed by atoms with Gasteiger partial charge in [-0.2, -0.15) is 4.79 Å². The van der Waals surface area contributed by atoms with Crippen LogP contribution in [-0.2, 0) is 0 Å². The first-order valence-corrected chi connectivity index (χ1v) is 14.2. The van der Waals surface area contributed by atoms with E-state index in [1.165, 1.54) is 30.7 Å². The van der Waals surface area contributed by atoms with Crippen molar-refractivity contribution < 1.29 is 9.48 Å². The van der Waals surface area contributed by atoms with Crippen LogP contribution in [0.25, 0.3) is 27.5 Å². The Kier molecular flexibility index (Phi) is 6.74. The molecular weight excluding hydrogens is 560 g/mol. The van der Waals surface area contributed by atoms with Crippen LogP contribution in [0.1, 0.15) is 4.88 Å². The molecule has 3 heterocycles. The molecule has 0 N–H and O–H groups in total. The van der Waals surface area contributed by atoms with Crippen LogP contribution < -0.4 is 20.4 Å². The van der Waals surface area contributed by atoms with Gasteiger partial charge in [0.05, 0.1) is 4.88 Å². The van der Waals surface area contributed by atoms with Crippen molar-refractivity contribution in [3.8, 4) is 22.1 Å². The third kappa shape index (κ3) is 5.04. The van der Waals surface area contributed by atoms with Crippen LogP contribution in [0.2, 0.25) is 0 Å². The number of para-hydroxylation sites is 4. The molecule has 6 aromatic rings. The van der Waals surface area contributed by atoms with Gasteiger partial charge < -0.3 is 10.5 Å². The van der Waals surface area contributed by atoms with Gasteiger partial charge >= 0.3 is 11.7 Å². The number of hydrogen-bond acceptors (Lipinski definition) is 6. The summed E-state index contributed by atoms with van der Waals surface area (Å²) in [5.74, 6) is 0.687. The summed E-state index contributed by atoms with van der Waals surface area (Å²) in [6.07, 6.45) is 0. The number of benzene rings is 4. The smallest absolute Gasteiger partial charge is 0.363 e. The molecule has 0 aliphatic carbocycles. The maximum absolute atomic E-state index is 13.5. The highest BCUT2D eigenvalue weighted by Crippen LogP contribution is 2.33. The van der Waals surface area contributed by atoms with Crippen LogP contribution in [0, 0.1) is 0 Å². The number of amides is 2. The normalized spacial score (nSPS) is 13.0. The molecule has 2 aromatic heterocycles. The Hall–Kier alpha value is -5.94. The Labute approximate surface area is 250 Å². The van der Waals surface area contributed by atoms with E-state index in [2.05, 4.69) is 20.7 Å². The molecule has 7 rings (SSSR count). The van der Waals surface area contributed by atoms with Crippen LogP contribution in [-0.4, -0.2) is 26.7 Å². The number of aromatic nitrogens is 4. The number of amidine groups is 1. The standard InChI is InChI=1S/C32H22N8O2S/c41-31-37(23-13-5-1-6-14-23)33-29(34-38(31)24-15-7-2-8-16-24)27-21-22-28(43-27)30-35-39(25-17-9-3-10-18-25)32(42)40(36-30)26-19-11-4-12-20-26/h1-22H. The summed E-state index contributed by atoms with van der Waals surface area (Å²) in [5.41, 5.74) is 6.67. The molecule has 0 radical (unpaired) electrons. The summed E-state index contributed by atoms with van der Waals surface area (Å²) in [7, 11) is 0. The Morgan fingerprint density at radius 2 is 1.19 bits per heavy atom. The van der Waals surface area contributed by atoms with E-state index in [1.807, 2.05) is 133 Å². The van der Waals surface area contributed by atoms with E-state index < -0.39 is 11.7 Å². The van der Waals surface area contributed by atoms with E-state index in [0.717, 1.165) is 0 Å². The molecule has 4 aromatic carbocycles. The number of carbonyl (C=O) groups excluding carboxylic acids is 1. The van der Waals surface area contributed by atoms with E-state index in [0.29, 0.717) is 44.2 Å². The van der Waals surface area contributed by atoms with Gasteiger partial charge in [-0.1, -0.05) is 82.2 Å². The number of rotatable bonds is 6. The molecule has 11 heteroatoms. The third-order valence-corrected chi connectivity index (χ3v) is 7.63. The molecule has 0 fully saturated rings. The van der Waals surface area contributed by atoms with Gasteiger partial charge in [0.1, 0.15) is 0 Å². The Morgan fingerprint density at radius 3 is 1.84 bits per heavy atom. The fraction of sp³-hybridized carbons (Fsp3) is 0. The summed E-state index contributed by atoms with van der Waals surface area (Å²) in [4.78, 5) is 28.4. The largest absolute Gasteiger partial charge is 0.550 e. The highest BCUT2D eigenvalue weighted by atomic mass is 32.1. The second kappa shape index (κ2) is 11.1. The Bertz CT molecular complexity index is 1930. The van der Waals surface area contributed by atoms with Crippen molar-refractivity contribution >= 4 is 34.6 Å². The number of hydrazone groups is 1. The summed E-state index contributed by atoms with van der Waals surface area (Å²) in [5, 5.41) is 16.6. The van der Waals surface area contributed by atoms with Crippen LogP contribution in [0.5, 0.6) is 0 Å². The maximum Gasteiger partial charge on any atom is 0.550 e. The lowest BCUT2D eigenvalue weighted by Gasteiger charge is -2.42.